The minimum absolute atomic E-state index is 0.591. The molecule has 0 unspecified atom stereocenters. The molecule has 0 aromatic rings. The maximum Gasteiger partial charge on any atom is 0.00600 e. The second-order valence-electron chi connectivity index (χ2n) is 2.49. The molecule has 0 N–H and O–H groups in total. The van der Waals surface area contributed by atoms with Gasteiger partial charge in [-0.2, -0.15) is 10.0 Å². The maximum atomic E-state index is 2.33. The van der Waals surface area contributed by atoms with E-state index in [1.807, 2.05) is 0 Å². The van der Waals surface area contributed by atoms with E-state index in [9.17, 15) is 0 Å². The molecule has 0 nitrogen and oxygen atoms in total. The molecule has 0 atom stereocenters. The van der Waals surface area contributed by atoms with Crippen molar-refractivity contribution in [3.05, 3.63) is 46.6 Å². The SMILES string of the molecule is C1=CCS2(C=C1)C=CC=C2. The Labute approximate surface area is 62.9 Å². The number of hydrogen-bond donors (Lipinski definition) is 0. The number of hydrogen-bond acceptors (Lipinski definition) is 0. The lowest BCUT2D eigenvalue weighted by Crippen LogP contribution is -1.92. The summed E-state index contributed by atoms with van der Waals surface area (Å²) in [5.74, 6) is 1.20. The molecular weight excluding hydrogens is 140 g/mol. The van der Waals surface area contributed by atoms with Gasteiger partial charge in [-0.15, -0.1) is 0 Å². The van der Waals surface area contributed by atoms with E-state index in [2.05, 4.69) is 46.6 Å². The van der Waals surface area contributed by atoms with Gasteiger partial charge >= 0.3 is 0 Å². The fourth-order valence-corrected chi connectivity index (χ4v) is 3.38. The molecule has 2 aliphatic rings. The zero-order valence-electron chi connectivity index (χ0n) is 5.73. The second-order valence-corrected chi connectivity index (χ2v) is 5.45. The van der Waals surface area contributed by atoms with Crippen LogP contribution in [0, 0.1) is 0 Å². The van der Waals surface area contributed by atoms with Crippen LogP contribution < -0.4 is 0 Å². The smallest absolute Gasteiger partial charge is 0.00600 e. The zero-order chi connectivity index (χ0) is 6.86. The Bertz CT molecular complexity index is 231. The van der Waals surface area contributed by atoms with E-state index >= 15 is 0 Å². The number of rotatable bonds is 0. The predicted molar refractivity (Wildman–Crippen MR) is 49.0 cm³/mol. The van der Waals surface area contributed by atoms with E-state index in [0.29, 0.717) is 0 Å². The molecule has 0 saturated heterocycles. The lowest BCUT2D eigenvalue weighted by molar-refractivity contribution is 1.71. The van der Waals surface area contributed by atoms with Gasteiger partial charge in [0.15, 0.2) is 0 Å². The highest BCUT2D eigenvalue weighted by Gasteiger charge is 2.15. The Hall–Kier alpha value is -0.690. The largest absolute Gasteiger partial charge is 0.177 e. The van der Waals surface area contributed by atoms with Crippen molar-refractivity contribution in [2.24, 2.45) is 0 Å². The molecular formula is C9H10S. The molecule has 0 aliphatic carbocycles. The summed E-state index contributed by atoms with van der Waals surface area (Å²) in [6, 6.07) is 0. The Kier molecular flexibility index (Phi) is 1.31. The van der Waals surface area contributed by atoms with E-state index in [4.69, 9.17) is 0 Å². The summed E-state index contributed by atoms with van der Waals surface area (Å²) in [6.45, 7) is 0. The highest BCUT2D eigenvalue weighted by Crippen LogP contribution is 2.56. The summed E-state index contributed by atoms with van der Waals surface area (Å²) >= 11 is 0. The fraction of sp³-hybridized carbons (Fsp3) is 0.111. The third-order valence-corrected chi connectivity index (χ3v) is 4.50. The summed E-state index contributed by atoms with van der Waals surface area (Å²) < 4.78 is 0. The first-order chi connectivity index (χ1) is 4.91. The molecule has 0 fully saturated rings. The van der Waals surface area contributed by atoms with Crippen molar-refractivity contribution in [3.8, 4) is 0 Å². The molecule has 1 spiro atoms. The van der Waals surface area contributed by atoms with E-state index in [-0.39, 0.29) is 0 Å². The van der Waals surface area contributed by atoms with Gasteiger partial charge in [0.1, 0.15) is 0 Å². The van der Waals surface area contributed by atoms with Gasteiger partial charge in [-0.25, -0.2) is 0 Å². The van der Waals surface area contributed by atoms with Gasteiger partial charge in [0.2, 0.25) is 0 Å². The fourth-order valence-electron chi connectivity index (χ4n) is 1.18. The molecule has 0 aromatic carbocycles. The Morgan fingerprint density at radius 3 is 2.00 bits per heavy atom. The molecule has 0 amide bonds. The van der Waals surface area contributed by atoms with E-state index in [1.165, 1.54) is 5.75 Å². The average Bonchev–Trinajstić information content (AvgIpc) is 2.39. The van der Waals surface area contributed by atoms with Crippen molar-refractivity contribution in [1.29, 1.82) is 0 Å². The Morgan fingerprint density at radius 1 is 0.800 bits per heavy atom. The number of allylic oxidation sites excluding steroid dienone is 4. The molecule has 0 radical (unpaired) electrons. The molecule has 0 bridgehead atoms. The highest BCUT2D eigenvalue weighted by atomic mass is 32.3. The lowest BCUT2D eigenvalue weighted by atomic mass is 10.5. The zero-order valence-corrected chi connectivity index (χ0v) is 6.55. The summed E-state index contributed by atoms with van der Waals surface area (Å²) in [7, 11) is -0.591. The van der Waals surface area contributed by atoms with Crippen LogP contribution in [-0.4, -0.2) is 5.75 Å². The molecule has 2 heterocycles. The van der Waals surface area contributed by atoms with Crippen molar-refractivity contribution in [2.45, 2.75) is 0 Å². The third-order valence-electron chi connectivity index (χ3n) is 1.74. The summed E-state index contributed by atoms with van der Waals surface area (Å²) in [5, 5.41) is 6.98. The quantitative estimate of drug-likeness (QED) is 0.498. The minimum Gasteiger partial charge on any atom is -0.177 e. The van der Waals surface area contributed by atoms with Gasteiger partial charge in [0.05, 0.1) is 0 Å². The molecule has 2 rings (SSSR count). The first-order valence-electron chi connectivity index (χ1n) is 3.40. The van der Waals surface area contributed by atoms with Crippen molar-refractivity contribution in [2.75, 3.05) is 5.75 Å². The third kappa shape index (κ3) is 0.868. The molecule has 1 heteroatoms. The molecule has 52 valence electrons. The average molecular weight is 150 g/mol. The van der Waals surface area contributed by atoms with E-state index in [0.717, 1.165) is 0 Å². The van der Waals surface area contributed by atoms with E-state index < -0.39 is 10.0 Å². The van der Waals surface area contributed by atoms with Crippen LogP contribution in [0.2, 0.25) is 0 Å². The van der Waals surface area contributed by atoms with Gasteiger partial charge < -0.3 is 0 Å². The normalized spacial score (nSPS) is 28.0. The summed E-state index contributed by atoms with van der Waals surface area (Å²) in [5.41, 5.74) is 0. The first-order valence-corrected chi connectivity index (χ1v) is 5.40. The Balaban J connectivity index is 2.32. The van der Waals surface area contributed by atoms with Crippen LogP contribution in [-0.2, 0) is 0 Å². The lowest BCUT2D eigenvalue weighted by Gasteiger charge is -2.27. The van der Waals surface area contributed by atoms with Gasteiger partial charge in [-0.1, -0.05) is 30.4 Å². The van der Waals surface area contributed by atoms with Crippen LogP contribution in [0.3, 0.4) is 0 Å². The molecule has 0 saturated carbocycles. The molecule has 2 aliphatic heterocycles. The van der Waals surface area contributed by atoms with Crippen LogP contribution in [0.15, 0.2) is 46.6 Å². The summed E-state index contributed by atoms with van der Waals surface area (Å²) in [4.78, 5) is 0. The standard InChI is InChI=1S/C9H10S/c1-2-6-10(7-3-1)8-4-5-9-10/h1-6,8-9H,7H2. The first kappa shape index (κ1) is 6.05. The van der Waals surface area contributed by atoms with Crippen LogP contribution in [0.25, 0.3) is 0 Å². The molecule has 10 heavy (non-hydrogen) atoms. The Morgan fingerprint density at radius 2 is 1.40 bits per heavy atom. The molecule has 0 aromatic heterocycles. The van der Waals surface area contributed by atoms with Crippen molar-refractivity contribution >= 4 is 10.0 Å². The van der Waals surface area contributed by atoms with Crippen molar-refractivity contribution < 1.29 is 0 Å². The van der Waals surface area contributed by atoms with E-state index in [1.54, 1.807) is 0 Å². The monoisotopic (exact) mass is 150 g/mol. The highest BCUT2D eigenvalue weighted by molar-refractivity contribution is 8.40. The second kappa shape index (κ2) is 2.17. The van der Waals surface area contributed by atoms with Gasteiger partial charge in [0.25, 0.3) is 0 Å². The maximum absolute atomic E-state index is 2.33. The van der Waals surface area contributed by atoms with Gasteiger partial charge in [-0.3, -0.25) is 0 Å². The summed E-state index contributed by atoms with van der Waals surface area (Å²) in [6.07, 6.45) is 10.8. The van der Waals surface area contributed by atoms with Crippen molar-refractivity contribution in [1.82, 2.24) is 0 Å². The van der Waals surface area contributed by atoms with Crippen LogP contribution in [0.5, 0.6) is 0 Å². The topological polar surface area (TPSA) is 0 Å². The van der Waals surface area contributed by atoms with Crippen LogP contribution in [0.1, 0.15) is 0 Å². The predicted octanol–water partition coefficient (Wildman–Crippen LogP) is 2.92. The van der Waals surface area contributed by atoms with Gasteiger partial charge in [-0.05, 0) is 16.2 Å². The van der Waals surface area contributed by atoms with Crippen LogP contribution in [0.4, 0.5) is 0 Å². The van der Waals surface area contributed by atoms with Crippen LogP contribution >= 0.6 is 10.0 Å². The van der Waals surface area contributed by atoms with Crippen molar-refractivity contribution in [3.63, 3.8) is 0 Å². The van der Waals surface area contributed by atoms with Gasteiger partial charge in [0, 0.05) is 5.75 Å². The minimum atomic E-state index is -0.591.